The Hall–Kier alpha value is -3.22. The van der Waals surface area contributed by atoms with E-state index in [1.807, 2.05) is 24.1 Å². The van der Waals surface area contributed by atoms with E-state index in [0.717, 1.165) is 30.0 Å². The van der Waals surface area contributed by atoms with Crippen LogP contribution < -0.4 is 19.3 Å². The van der Waals surface area contributed by atoms with Crippen molar-refractivity contribution in [2.24, 2.45) is 0 Å². The van der Waals surface area contributed by atoms with Crippen molar-refractivity contribution in [2.75, 3.05) is 57.2 Å². The quantitative estimate of drug-likeness (QED) is 0.794. The summed E-state index contributed by atoms with van der Waals surface area (Å²) in [6.45, 7) is 2.67. The summed E-state index contributed by atoms with van der Waals surface area (Å²) in [7, 11) is 4.92. The zero-order chi connectivity index (χ0) is 20.5. The minimum atomic E-state index is -0.0832. The van der Waals surface area contributed by atoms with Crippen LogP contribution in [0.25, 0.3) is 0 Å². The van der Waals surface area contributed by atoms with Crippen LogP contribution in [-0.2, 0) is 11.2 Å². The molecular formula is C22H25N3O4. The van der Waals surface area contributed by atoms with Gasteiger partial charge in [-0.25, -0.2) is 0 Å². The Labute approximate surface area is 170 Å². The summed E-state index contributed by atoms with van der Waals surface area (Å²) in [6, 6.07) is 11.5. The Balaban J connectivity index is 1.48. The second kappa shape index (κ2) is 7.66. The number of ether oxygens (including phenoxy) is 2. The predicted octanol–water partition coefficient (Wildman–Crippen LogP) is 2.19. The van der Waals surface area contributed by atoms with E-state index in [9.17, 15) is 9.59 Å². The normalized spacial score (nSPS) is 16.1. The summed E-state index contributed by atoms with van der Waals surface area (Å²) in [5.41, 5.74) is 3.60. The van der Waals surface area contributed by atoms with Gasteiger partial charge in [-0.1, -0.05) is 6.07 Å². The first-order chi connectivity index (χ1) is 14.0. The van der Waals surface area contributed by atoms with Gasteiger partial charge in [0.15, 0.2) is 0 Å². The van der Waals surface area contributed by atoms with Crippen LogP contribution in [0.1, 0.15) is 15.9 Å². The highest BCUT2D eigenvalue weighted by Gasteiger charge is 2.29. The largest absolute Gasteiger partial charge is 0.496 e. The van der Waals surface area contributed by atoms with Gasteiger partial charge in [-0.05, 0) is 35.9 Å². The number of amides is 2. The molecule has 0 N–H and O–H groups in total. The van der Waals surface area contributed by atoms with Crippen molar-refractivity contribution in [3.05, 3.63) is 47.5 Å². The molecule has 2 aromatic rings. The fraction of sp³-hybridized carbons (Fsp3) is 0.364. The molecule has 2 aliphatic heterocycles. The third-order valence-electron chi connectivity index (χ3n) is 5.71. The van der Waals surface area contributed by atoms with E-state index >= 15 is 0 Å². The number of fused-ring (bicyclic) bond motifs is 1. The van der Waals surface area contributed by atoms with Gasteiger partial charge in [0, 0.05) is 44.6 Å². The first kappa shape index (κ1) is 19.1. The summed E-state index contributed by atoms with van der Waals surface area (Å²) in [4.78, 5) is 30.9. The summed E-state index contributed by atoms with van der Waals surface area (Å²) < 4.78 is 10.8. The lowest BCUT2D eigenvalue weighted by atomic mass is 10.1. The third-order valence-corrected chi connectivity index (χ3v) is 5.71. The lowest BCUT2D eigenvalue weighted by Crippen LogP contribution is -2.49. The van der Waals surface area contributed by atoms with Crippen molar-refractivity contribution in [1.29, 1.82) is 0 Å². The maximum atomic E-state index is 13.1. The van der Waals surface area contributed by atoms with Crippen molar-refractivity contribution >= 4 is 23.2 Å². The van der Waals surface area contributed by atoms with Gasteiger partial charge < -0.3 is 24.2 Å². The van der Waals surface area contributed by atoms with Crippen molar-refractivity contribution in [2.45, 2.75) is 6.42 Å². The molecular weight excluding hydrogens is 370 g/mol. The molecule has 1 fully saturated rings. The average molecular weight is 395 g/mol. The van der Waals surface area contributed by atoms with Gasteiger partial charge in [0.2, 0.25) is 5.91 Å². The van der Waals surface area contributed by atoms with Crippen molar-refractivity contribution in [3.63, 3.8) is 0 Å². The van der Waals surface area contributed by atoms with Crippen LogP contribution in [0, 0.1) is 0 Å². The number of piperazine rings is 1. The molecule has 0 radical (unpaired) electrons. The first-order valence-corrected chi connectivity index (χ1v) is 9.68. The first-order valence-electron chi connectivity index (χ1n) is 9.68. The number of hydrogen-bond acceptors (Lipinski definition) is 5. The van der Waals surface area contributed by atoms with Crippen molar-refractivity contribution < 1.29 is 19.1 Å². The molecule has 0 unspecified atom stereocenters. The van der Waals surface area contributed by atoms with E-state index in [2.05, 4.69) is 17.0 Å². The van der Waals surface area contributed by atoms with Gasteiger partial charge in [-0.2, -0.15) is 0 Å². The molecule has 1 saturated heterocycles. The zero-order valence-electron chi connectivity index (χ0n) is 17.0. The highest BCUT2D eigenvalue weighted by molar-refractivity contribution is 6.01. The Bertz CT molecular complexity index is 929. The highest BCUT2D eigenvalue weighted by Crippen LogP contribution is 2.33. The topological polar surface area (TPSA) is 62.3 Å². The van der Waals surface area contributed by atoms with E-state index in [1.165, 1.54) is 0 Å². The lowest BCUT2D eigenvalue weighted by molar-refractivity contribution is -0.117. The molecule has 0 bridgehead atoms. The van der Waals surface area contributed by atoms with E-state index in [4.69, 9.17) is 9.47 Å². The van der Waals surface area contributed by atoms with E-state index < -0.39 is 0 Å². The van der Waals surface area contributed by atoms with E-state index in [1.54, 1.807) is 31.3 Å². The number of rotatable bonds is 4. The number of benzene rings is 2. The molecule has 0 saturated carbocycles. The average Bonchev–Trinajstić information content (AvgIpc) is 3.05. The molecule has 0 spiro atoms. The van der Waals surface area contributed by atoms with Crippen LogP contribution in [0.5, 0.6) is 11.5 Å². The van der Waals surface area contributed by atoms with Gasteiger partial charge in [-0.15, -0.1) is 0 Å². The molecule has 2 aliphatic rings. The molecule has 2 aromatic carbocycles. The molecule has 2 amide bonds. The Morgan fingerprint density at radius 2 is 1.62 bits per heavy atom. The summed E-state index contributed by atoms with van der Waals surface area (Å²) >= 11 is 0. The minimum Gasteiger partial charge on any atom is -0.496 e. The van der Waals surface area contributed by atoms with Gasteiger partial charge in [-0.3, -0.25) is 9.59 Å². The number of methoxy groups -OCH3 is 2. The van der Waals surface area contributed by atoms with Crippen LogP contribution in [0.4, 0.5) is 11.4 Å². The van der Waals surface area contributed by atoms with Crippen LogP contribution in [0.15, 0.2) is 36.4 Å². The molecule has 0 aliphatic carbocycles. The molecule has 29 heavy (non-hydrogen) atoms. The molecule has 152 valence electrons. The SMILES string of the molecule is COc1cccc(OC)c1C(=O)N1CCN(c2ccc3c(c2)CC(=O)N3C)CC1. The van der Waals surface area contributed by atoms with Crippen LogP contribution in [0.2, 0.25) is 0 Å². The fourth-order valence-electron chi connectivity index (χ4n) is 4.04. The Morgan fingerprint density at radius 3 is 2.24 bits per heavy atom. The molecule has 0 atom stereocenters. The summed E-state index contributed by atoms with van der Waals surface area (Å²) in [5.74, 6) is 1.08. The predicted molar refractivity (Wildman–Crippen MR) is 111 cm³/mol. The van der Waals surface area contributed by atoms with Crippen molar-refractivity contribution in [3.8, 4) is 11.5 Å². The Kier molecular flexibility index (Phi) is 5.05. The molecule has 0 aromatic heterocycles. The zero-order valence-corrected chi connectivity index (χ0v) is 17.0. The maximum absolute atomic E-state index is 13.1. The van der Waals surface area contributed by atoms with Crippen LogP contribution in [0.3, 0.4) is 0 Å². The fourth-order valence-corrected chi connectivity index (χ4v) is 4.04. The van der Waals surface area contributed by atoms with Gasteiger partial charge in [0.05, 0.1) is 20.6 Å². The smallest absolute Gasteiger partial charge is 0.261 e. The number of nitrogens with zero attached hydrogens (tertiary/aromatic N) is 3. The van der Waals surface area contributed by atoms with E-state index in [0.29, 0.717) is 36.6 Å². The number of hydrogen-bond donors (Lipinski definition) is 0. The van der Waals surface area contributed by atoms with Crippen LogP contribution >= 0.6 is 0 Å². The minimum absolute atomic E-state index is 0.0832. The van der Waals surface area contributed by atoms with E-state index in [-0.39, 0.29) is 11.8 Å². The molecule has 7 nitrogen and oxygen atoms in total. The molecule has 2 heterocycles. The number of anilines is 2. The summed E-state index contributed by atoms with van der Waals surface area (Å²) in [5, 5.41) is 0. The summed E-state index contributed by atoms with van der Waals surface area (Å²) in [6.07, 6.45) is 0.450. The van der Waals surface area contributed by atoms with Crippen LogP contribution in [-0.4, -0.2) is 64.2 Å². The second-order valence-corrected chi connectivity index (χ2v) is 7.26. The second-order valence-electron chi connectivity index (χ2n) is 7.26. The molecule has 7 heteroatoms. The highest BCUT2D eigenvalue weighted by atomic mass is 16.5. The number of likely N-dealkylation sites (N-methyl/N-ethyl adjacent to an activating group) is 1. The van der Waals surface area contributed by atoms with Crippen molar-refractivity contribution in [1.82, 2.24) is 4.90 Å². The number of carbonyl (C=O) groups is 2. The Morgan fingerprint density at radius 1 is 0.966 bits per heavy atom. The number of carbonyl (C=O) groups excluding carboxylic acids is 2. The maximum Gasteiger partial charge on any atom is 0.261 e. The van der Waals surface area contributed by atoms with Gasteiger partial charge >= 0.3 is 0 Å². The van der Waals surface area contributed by atoms with Gasteiger partial charge in [0.25, 0.3) is 5.91 Å². The lowest BCUT2D eigenvalue weighted by Gasteiger charge is -2.36. The monoisotopic (exact) mass is 395 g/mol. The third kappa shape index (κ3) is 3.37. The standard InChI is InChI=1S/C22H25N3O4/c1-23-17-8-7-16(13-15(17)14-20(23)26)24-9-11-25(12-10-24)22(27)21-18(28-2)5-4-6-19(21)29-3/h4-8,13H,9-12,14H2,1-3H3. The molecule has 4 rings (SSSR count). The van der Waals surface area contributed by atoms with Gasteiger partial charge in [0.1, 0.15) is 17.1 Å².